The number of ether oxygens (including phenoxy) is 1. The van der Waals surface area contributed by atoms with E-state index in [9.17, 15) is 39.5 Å². The molecule has 0 saturated heterocycles. The zero-order valence-corrected chi connectivity index (χ0v) is 10.9. The molecular formula is C10H11F9O3. The first-order chi connectivity index (χ1) is 9.38. The van der Waals surface area contributed by atoms with Crippen LogP contribution in [-0.2, 0) is 4.74 Å². The van der Waals surface area contributed by atoms with Gasteiger partial charge in [-0.05, 0) is 13.0 Å². The molecule has 0 rings (SSSR count). The molecule has 0 aromatic heterocycles. The van der Waals surface area contributed by atoms with Crippen LogP contribution in [-0.4, -0.2) is 40.1 Å². The summed E-state index contributed by atoms with van der Waals surface area (Å²) in [5.41, 5.74) is -3.43. The molecule has 0 aromatic carbocycles. The Hall–Kier alpha value is -1.17. The number of rotatable bonds is 4. The van der Waals surface area contributed by atoms with Gasteiger partial charge in [0, 0.05) is 5.92 Å². The number of hydrogen-bond donors (Lipinski definition) is 2. The van der Waals surface area contributed by atoms with E-state index in [-0.39, 0.29) is 13.0 Å². The molecule has 2 N–H and O–H groups in total. The van der Waals surface area contributed by atoms with Crippen molar-refractivity contribution in [1.82, 2.24) is 0 Å². The summed E-state index contributed by atoms with van der Waals surface area (Å²) in [4.78, 5) is 0. The lowest BCUT2D eigenvalue weighted by Crippen LogP contribution is -2.58. The minimum atomic E-state index is -6.29. The lowest BCUT2D eigenvalue weighted by atomic mass is 9.90. The zero-order chi connectivity index (χ0) is 18.2. The third-order valence-corrected chi connectivity index (χ3v) is 2.83. The van der Waals surface area contributed by atoms with Gasteiger partial charge in [0.05, 0.1) is 6.26 Å². The molecule has 3 nitrogen and oxygen atoms in total. The second-order valence-corrected chi connectivity index (χ2v) is 4.52. The fraction of sp³-hybridized carbons (Fsp3) is 0.800. The van der Waals surface area contributed by atoms with E-state index in [0.717, 1.165) is 0 Å². The first-order valence-corrected chi connectivity index (χ1v) is 5.37. The molecule has 2 atom stereocenters. The number of aliphatic hydroxyl groups is 2. The van der Waals surface area contributed by atoms with Gasteiger partial charge in [-0.15, -0.1) is 0 Å². The molecule has 132 valence electrons. The number of hydrogen-bond acceptors (Lipinski definition) is 3. The van der Waals surface area contributed by atoms with E-state index in [4.69, 9.17) is 10.2 Å². The molecule has 0 aliphatic rings. The van der Waals surface area contributed by atoms with Crippen molar-refractivity contribution < 1.29 is 54.5 Å². The monoisotopic (exact) mass is 350 g/mol. The Kier molecular flexibility index (Phi) is 5.49. The molecule has 0 amide bonds. The van der Waals surface area contributed by atoms with Crippen LogP contribution in [0.1, 0.15) is 13.8 Å². The Morgan fingerprint density at radius 2 is 1.18 bits per heavy atom. The summed E-state index contributed by atoms with van der Waals surface area (Å²) in [5, 5.41) is 17.7. The summed E-state index contributed by atoms with van der Waals surface area (Å²) in [5.74, 6) is -7.54. The van der Waals surface area contributed by atoms with Gasteiger partial charge in [0.25, 0.3) is 0 Å². The molecule has 0 fully saturated rings. The van der Waals surface area contributed by atoms with Crippen molar-refractivity contribution in [2.75, 3.05) is 0 Å². The van der Waals surface area contributed by atoms with Gasteiger partial charge in [0.2, 0.25) is 0 Å². The van der Waals surface area contributed by atoms with E-state index in [1.165, 1.54) is 0 Å². The maximum atomic E-state index is 12.4. The van der Waals surface area contributed by atoms with E-state index in [1.54, 1.807) is 0 Å². The first-order valence-electron chi connectivity index (χ1n) is 5.37. The summed E-state index contributed by atoms with van der Waals surface area (Å²) in [7, 11) is 0. The third-order valence-electron chi connectivity index (χ3n) is 2.83. The lowest BCUT2D eigenvalue weighted by molar-refractivity contribution is -0.445. The average molecular weight is 350 g/mol. The highest BCUT2D eigenvalue weighted by atomic mass is 19.4. The van der Waals surface area contributed by atoms with E-state index in [2.05, 4.69) is 4.74 Å². The summed E-state index contributed by atoms with van der Waals surface area (Å²) < 4.78 is 113. The lowest BCUT2D eigenvalue weighted by Gasteiger charge is -2.32. The highest BCUT2D eigenvalue weighted by Crippen LogP contribution is 2.44. The maximum Gasteiger partial charge on any atom is 0.465 e. The minimum absolute atomic E-state index is 0.107. The average Bonchev–Trinajstić information content (AvgIpc) is 2.23. The van der Waals surface area contributed by atoms with Crippen molar-refractivity contribution in [2.45, 2.75) is 43.8 Å². The standard InChI is InChI=1S/C10H11F9O3/c1-5(6(2,20)8(11,12)13)3-4-22-7(21,9(14,15)16)10(17,18)19/h3-5,20-21H,1-2H3/b4-3+. The molecular weight excluding hydrogens is 339 g/mol. The van der Waals surface area contributed by atoms with Gasteiger partial charge in [-0.1, -0.05) is 6.92 Å². The summed E-state index contributed by atoms with van der Waals surface area (Å²) in [6, 6.07) is 0. The second kappa shape index (κ2) is 5.80. The van der Waals surface area contributed by atoms with Gasteiger partial charge in [-0.3, -0.25) is 0 Å². The van der Waals surface area contributed by atoms with E-state index in [0.29, 0.717) is 6.92 Å². The molecule has 0 saturated carbocycles. The minimum Gasteiger partial charge on any atom is -0.455 e. The fourth-order valence-corrected chi connectivity index (χ4v) is 0.995. The molecule has 0 aliphatic heterocycles. The van der Waals surface area contributed by atoms with Crippen molar-refractivity contribution in [1.29, 1.82) is 0 Å². The molecule has 0 heterocycles. The van der Waals surface area contributed by atoms with Crippen LogP contribution < -0.4 is 0 Å². The summed E-state index contributed by atoms with van der Waals surface area (Å²) in [6.45, 7) is 0.940. The van der Waals surface area contributed by atoms with Gasteiger partial charge in [-0.25, -0.2) is 0 Å². The SMILES string of the molecule is CC(/C=C/OC(O)(C(F)(F)F)C(F)(F)F)C(C)(O)C(F)(F)F. The van der Waals surface area contributed by atoms with E-state index >= 15 is 0 Å². The highest BCUT2D eigenvalue weighted by Gasteiger charge is 2.73. The molecule has 22 heavy (non-hydrogen) atoms. The maximum absolute atomic E-state index is 12.4. The van der Waals surface area contributed by atoms with Crippen molar-refractivity contribution in [3.8, 4) is 0 Å². The molecule has 0 spiro atoms. The Bertz CT molecular complexity index is 391. The smallest absolute Gasteiger partial charge is 0.455 e. The Morgan fingerprint density at radius 1 is 0.818 bits per heavy atom. The second-order valence-electron chi connectivity index (χ2n) is 4.52. The molecule has 12 heteroatoms. The zero-order valence-electron chi connectivity index (χ0n) is 10.9. The predicted octanol–water partition coefficient (Wildman–Crippen LogP) is 3.28. The molecule has 2 unspecified atom stereocenters. The van der Waals surface area contributed by atoms with Crippen LogP contribution in [0.4, 0.5) is 39.5 Å². The van der Waals surface area contributed by atoms with Gasteiger partial charge in [0.15, 0.2) is 5.60 Å². The van der Waals surface area contributed by atoms with Crippen molar-refractivity contribution in [3.63, 3.8) is 0 Å². The van der Waals surface area contributed by atoms with Crippen LogP contribution in [0.2, 0.25) is 0 Å². The highest BCUT2D eigenvalue weighted by molar-refractivity contribution is 4.98. The van der Waals surface area contributed by atoms with E-state index in [1.807, 2.05) is 0 Å². The topological polar surface area (TPSA) is 49.7 Å². The van der Waals surface area contributed by atoms with Gasteiger partial charge in [-0.2, -0.15) is 39.5 Å². The van der Waals surface area contributed by atoms with Crippen LogP contribution >= 0.6 is 0 Å². The van der Waals surface area contributed by atoms with Crippen LogP contribution in [0.25, 0.3) is 0 Å². The van der Waals surface area contributed by atoms with Crippen LogP contribution in [0.3, 0.4) is 0 Å². The van der Waals surface area contributed by atoms with Crippen molar-refractivity contribution >= 4 is 0 Å². The summed E-state index contributed by atoms with van der Waals surface area (Å²) >= 11 is 0. The Labute approximate surface area is 118 Å². The fourth-order valence-electron chi connectivity index (χ4n) is 0.995. The van der Waals surface area contributed by atoms with E-state index < -0.39 is 42.1 Å². The van der Waals surface area contributed by atoms with Crippen LogP contribution in [0.5, 0.6) is 0 Å². The van der Waals surface area contributed by atoms with Crippen LogP contribution in [0, 0.1) is 5.92 Å². The number of halogens is 9. The third kappa shape index (κ3) is 3.97. The predicted molar refractivity (Wildman–Crippen MR) is 53.1 cm³/mol. The summed E-state index contributed by atoms with van der Waals surface area (Å²) in [6.07, 6.45) is -18.1. The van der Waals surface area contributed by atoms with Gasteiger partial charge >= 0.3 is 24.3 Å². The van der Waals surface area contributed by atoms with Gasteiger partial charge < -0.3 is 14.9 Å². The molecule has 0 aliphatic carbocycles. The quantitative estimate of drug-likeness (QED) is 0.465. The molecule has 0 bridgehead atoms. The molecule has 0 aromatic rings. The van der Waals surface area contributed by atoms with Crippen molar-refractivity contribution in [3.05, 3.63) is 12.3 Å². The number of alkyl halides is 9. The Balaban J connectivity index is 5.27. The normalized spacial score (nSPS) is 19.1. The Morgan fingerprint density at radius 3 is 1.45 bits per heavy atom. The van der Waals surface area contributed by atoms with Crippen LogP contribution in [0.15, 0.2) is 12.3 Å². The first kappa shape index (κ1) is 20.8. The molecule has 0 radical (unpaired) electrons. The largest absolute Gasteiger partial charge is 0.465 e. The van der Waals surface area contributed by atoms with Gasteiger partial charge in [0.1, 0.15) is 0 Å². The van der Waals surface area contributed by atoms with Crippen molar-refractivity contribution in [2.24, 2.45) is 5.92 Å².